The van der Waals surface area contributed by atoms with E-state index in [1.165, 1.54) is 22.9 Å². The molecule has 0 aliphatic rings. The van der Waals surface area contributed by atoms with Gasteiger partial charge in [-0.3, -0.25) is 9.48 Å². The highest BCUT2D eigenvalue weighted by Crippen LogP contribution is 2.16. The van der Waals surface area contributed by atoms with Crippen molar-refractivity contribution in [2.24, 2.45) is 0 Å². The standard InChI is InChI=1S/C11H11FN4O/c12-9-3-2-8(6-10(9)13)15-11(17)7-16-5-1-4-14-16/h1-6H,7,13H2,(H,15,17). The summed E-state index contributed by atoms with van der Waals surface area (Å²) >= 11 is 0. The number of amides is 1. The van der Waals surface area contributed by atoms with E-state index >= 15 is 0 Å². The van der Waals surface area contributed by atoms with Crippen LogP contribution in [-0.4, -0.2) is 15.7 Å². The van der Waals surface area contributed by atoms with Gasteiger partial charge in [0.05, 0.1) is 5.69 Å². The van der Waals surface area contributed by atoms with Crippen molar-refractivity contribution in [2.75, 3.05) is 11.1 Å². The van der Waals surface area contributed by atoms with Crippen LogP contribution in [0.1, 0.15) is 0 Å². The lowest BCUT2D eigenvalue weighted by atomic mass is 10.2. The largest absolute Gasteiger partial charge is 0.396 e. The minimum absolute atomic E-state index is 0.00175. The maximum Gasteiger partial charge on any atom is 0.246 e. The highest BCUT2D eigenvalue weighted by molar-refractivity contribution is 5.90. The van der Waals surface area contributed by atoms with Gasteiger partial charge >= 0.3 is 0 Å². The molecule has 1 aromatic carbocycles. The second kappa shape index (κ2) is 4.65. The number of carbonyl (C=O) groups is 1. The maximum absolute atomic E-state index is 12.9. The van der Waals surface area contributed by atoms with Gasteiger partial charge in [-0.05, 0) is 24.3 Å². The van der Waals surface area contributed by atoms with Crippen molar-refractivity contribution in [3.63, 3.8) is 0 Å². The third kappa shape index (κ3) is 2.81. The van der Waals surface area contributed by atoms with Crippen LogP contribution in [0.15, 0.2) is 36.7 Å². The zero-order valence-electron chi connectivity index (χ0n) is 8.93. The number of nitrogens with one attached hydrogen (secondary N) is 1. The van der Waals surface area contributed by atoms with E-state index in [1.807, 2.05) is 0 Å². The average Bonchev–Trinajstić information content (AvgIpc) is 2.76. The van der Waals surface area contributed by atoms with Gasteiger partial charge in [0.15, 0.2) is 0 Å². The van der Waals surface area contributed by atoms with E-state index in [2.05, 4.69) is 10.4 Å². The number of nitrogen functional groups attached to an aromatic ring is 1. The molecule has 0 unspecified atom stereocenters. The van der Waals surface area contributed by atoms with Gasteiger partial charge in [0.1, 0.15) is 12.4 Å². The summed E-state index contributed by atoms with van der Waals surface area (Å²) in [6, 6.07) is 5.75. The Hall–Kier alpha value is -2.37. The SMILES string of the molecule is Nc1cc(NC(=O)Cn2cccn2)ccc1F. The fraction of sp³-hybridized carbons (Fsp3) is 0.0909. The average molecular weight is 234 g/mol. The van der Waals surface area contributed by atoms with Crippen molar-refractivity contribution in [2.45, 2.75) is 6.54 Å². The number of rotatable bonds is 3. The summed E-state index contributed by atoms with van der Waals surface area (Å²) in [7, 11) is 0. The smallest absolute Gasteiger partial charge is 0.246 e. The molecule has 0 aliphatic heterocycles. The summed E-state index contributed by atoms with van der Waals surface area (Å²) in [4.78, 5) is 11.6. The molecule has 0 fully saturated rings. The second-order valence-electron chi connectivity index (χ2n) is 3.49. The highest BCUT2D eigenvalue weighted by Gasteiger charge is 2.05. The van der Waals surface area contributed by atoms with Crippen molar-refractivity contribution >= 4 is 17.3 Å². The number of nitrogens with two attached hydrogens (primary N) is 1. The third-order valence-electron chi connectivity index (χ3n) is 2.14. The number of aromatic nitrogens is 2. The molecule has 6 heteroatoms. The van der Waals surface area contributed by atoms with E-state index in [4.69, 9.17) is 5.73 Å². The van der Waals surface area contributed by atoms with Crippen LogP contribution in [0.25, 0.3) is 0 Å². The van der Waals surface area contributed by atoms with Crippen molar-refractivity contribution in [1.29, 1.82) is 0 Å². The van der Waals surface area contributed by atoms with E-state index in [0.717, 1.165) is 0 Å². The molecular weight excluding hydrogens is 223 g/mol. The molecule has 0 spiro atoms. The first-order valence-electron chi connectivity index (χ1n) is 4.97. The Morgan fingerprint density at radius 2 is 2.35 bits per heavy atom. The Morgan fingerprint density at radius 1 is 1.53 bits per heavy atom. The van der Waals surface area contributed by atoms with Crippen molar-refractivity contribution in [3.05, 3.63) is 42.5 Å². The summed E-state index contributed by atoms with van der Waals surface area (Å²) in [6.45, 7) is 0.101. The molecule has 1 heterocycles. The molecule has 0 saturated heterocycles. The first-order chi connectivity index (χ1) is 8.15. The van der Waals surface area contributed by atoms with Crippen LogP contribution >= 0.6 is 0 Å². The number of nitrogens with zero attached hydrogens (tertiary/aromatic N) is 2. The molecule has 2 aromatic rings. The molecular formula is C11H11FN4O. The molecule has 0 aliphatic carbocycles. The van der Waals surface area contributed by atoms with Crippen molar-refractivity contribution in [3.8, 4) is 0 Å². The van der Waals surface area contributed by atoms with Gasteiger partial charge in [-0.2, -0.15) is 5.10 Å². The predicted molar refractivity (Wildman–Crippen MR) is 61.7 cm³/mol. The minimum atomic E-state index is -0.505. The van der Waals surface area contributed by atoms with Gasteiger partial charge in [0, 0.05) is 18.1 Å². The van der Waals surface area contributed by atoms with E-state index < -0.39 is 5.82 Å². The van der Waals surface area contributed by atoms with Gasteiger partial charge in [-0.1, -0.05) is 0 Å². The van der Waals surface area contributed by atoms with E-state index in [1.54, 1.807) is 18.5 Å². The Labute approximate surface area is 97.0 Å². The molecule has 1 amide bonds. The van der Waals surface area contributed by atoms with Gasteiger partial charge in [-0.15, -0.1) is 0 Å². The first kappa shape index (κ1) is 11.1. The number of hydrogen-bond donors (Lipinski definition) is 2. The molecule has 1 aromatic heterocycles. The van der Waals surface area contributed by atoms with Crippen molar-refractivity contribution < 1.29 is 9.18 Å². The predicted octanol–water partition coefficient (Wildman–Crippen LogP) is 1.24. The van der Waals surface area contributed by atoms with E-state index in [-0.39, 0.29) is 18.1 Å². The molecule has 2 rings (SSSR count). The molecule has 0 saturated carbocycles. The summed E-state index contributed by atoms with van der Waals surface area (Å²) in [5.74, 6) is -0.755. The van der Waals surface area contributed by atoms with Gasteiger partial charge in [0.2, 0.25) is 5.91 Å². The van der Waals surface area contributed by atoms with Crippen molar-refractivity contribution in [1.82, 2.24) is 9.78 Å². The number of carbonyl (C=O) groups excluding carboxylic acids is 1. The monoisotopic (exact) mass is 234 g/mol. The zero-order chi connectivity index (χ0) is 12.3. The van der Waals surface area contributed by atoms with Crippen LogP contribution in [0, 0.1) is 5.82 Å². The molecule has 5 nitrogen and oxygen atoms in total. The molecule has 0 radical (unpaired) electrons. The van der Waals surface area contributed by atoms with Crippen LogP contribution in [-0.2, 0) is 11.3 Å². The summed E-state index contributed by atoms with van der Waals surface area (Å²) < 4.78 is 14.4. The summed E-state index contributed by atoms with van der Waals surface area (Å²) in [5, 5.41) is 6.50. The fourth-order valence-electron chi connectivity index (χ4n) is 1.36. The Morgan fingerprint density at radius 3 is 3.00 bits per heavy atom. The number of anilines is 2. The third-order valence-corrected chi connectivity index (χ3v) is 2.14. The van der Waals surface area contributed by atoms with Gasteiger partial charge < -0.3 is 11.1 Å². The lowest BCUT2D eigenvalue weighted by Crippen LogP contribution is -2.19. The summed E-state index contributed by atoms with van der Waals surface area (Å²) in [6.07, 6.45) is 3.27. The van der Waals surface area contributed by atoms with Gasteiger partial charge in [-0.25, -0.2) is 4.39 Å². The zero-order valence-corrected chi connectivity index (χ0v) is 8.93. The number of halogens is 1. The molecule has 0 atom stereocenters. The molecule has 3 N–H and O–H groups in total. The highest BCUT2D eigenvalue weighted by atomic mass is 19.1. The van der Waals surface area contributed by atoms with Crippen LogP contribution < -0.4 is 11.1 Å². The molecule has 88 valence electrons. The van der Waals surface area contributed by atoms with E-state index in [9.17, 15) is 9.18 Å². The number of hydrogen-bond acceptors (Lipinski definition) is 3. The number of benzene rings is 1. The van der Waals surface area contributed by atoms with Crippen LogP contribution in [0.4, 0.5) is 15.8 Å². The van der Waals surface area contributed by atoms with Crippen LogP contribution in [0.3, 0.4) is 0 Å². The normalized spacial score (nSPS) is 10.2. The first-order valence-corrected chi connectivity index (χ1v) is 4.97. The minimum Gasteiger partial charge on any atom is -0.396 e. The Balaban J connectivity index is 2.00. The maximum atomic E-state index is 12.9. The Kier molecular flexibility index (Phi) is 3.04. The second-order valence-corrected chi connectivity index (χ2v) is 3.49. The van der Waals surface area contributed by atoms with E-state index in [0.29, 0.717) is 5.69 Å². The van der Waals surface area contributed by atoms with Crippen LogP contribution in [0.5, 0.6) is 0 Å². The fourth-order valence-corrected chi connectivity index (χ4v) is 1.36. The quantitative estimate of drug-likeness (QED) is 0.785. The lowest BCUT2D eigenvalue weighted by Gasteiger charge is -2.06. The van der Waals surface area contributed by atoms with Crippen LogP contribution in [0.2, 0.25) is 0 Å². The topological polar surface area (TPSA) is 72.9 Å². The Bertz CT molecular complexity index is 524. The summed E-state index contributed by atoms with van der Waals surface area (Å²) in [5.41, 5.74) is 5.85. The molecule has 17 heavy (non-hydrogen) atoms. The lowest BCUT2D eigenvalue weighted by molar-refractivity contribution is -0.116. The molecule has 0 bridgehead atoms. The van der Waals surface area contributed by atoms with Gasteiger partial charge in [0.25, 0.3) is 0 Å².